The lowest BCUT2D eigenvalue weighted by molar-refractivity contribution is -0.152. The molecule has 1 aliphatic heterocycles. The zero-order chi connectivity index (χ0) is 13.8. The SMILES string of the molecule is CCOC(=O)C1CC(c2ccccn2)C(=S)NC1=O. The van der Waals surface area contributed by atoms with Crippen LogP contribution in [0, 0.1) is 5.92 Å². The van der Waals surface area contributed by atoms with Crippen LogP contribution in [0.15, 0.2) is 24.4 Å². The summed E-state index contributed by atoms with van der Waals surface area (Å²) in [5.41, 5.74) is 0.752. The molecule has 6 heteroatoms. The molecule has 5 nitrogen and oxygen atoms in total. The Morgan fingerprint density at radius 3 is 3.00 bits per heavy atom. The summed E-state index contributed by atoms with van der Waals surface area (Å²) in [5.74, 6) is -1.96. The van der Waals surface area contributed by atoms with Gasteiger partial charge in [-0.2, -0.15) is 0 Å². The summed E-state index contributed by atoms with van der Waals surface area (Å²) in [7, 11) is 0. The first-order valence-corrected chi connectivity index (χ1v) is 6.46. The van der Waals surface area contributed by atoms with Crippen molar-refractivity contribution in [2.45, 2.75) is 19.3 Å². The van der Waals surface area contributed by atoms with E-state index in [0.29, 0.717) is 11.4 Å². The molecular formula is C13H14N2O3S. The third-order valence-electron chi connectivity index (χ3n) is 2.97. The molecule has 2 atom stereocenters. The van der Waals surface area contributed by atoms with E-state index >= 15 is 0 Å². The Balaban J connectivity index is 2.20. The minimum atomic E-state index is -0.821. The summed E-state index contributed by atoms with van der Waals surface area (Å²) in [4.78, 5) is 28.2. The van der Waals surface area contributed by atoms with E-state index in [0.717, 1.165) is 5.69 Å². The van der Waals surface area contributed by atoms with E-state index in [1.807, 2.05) is 12.1 Å². The van der Waals surface area contributed by atoms with Gasteiger partial charge in [0.15, 0.2) is 0 Å². The van der Waals surface area contributed by atoms with Crippen LogP contribution in [-0.2, 0) is 14.3 Å². The second-order valence-electron chi connectivity index (χ2n) is 4.20. The minimum absolute atomic E-state index is 0.233. The lowest BCUT2D eigenvalue weighted by Crippen LogP contribution is -2.47. The third kappa shape index (κ3) is 2.96. The van der Waals surface area contributed by atoms with Gasteiger partial charge in [-0.3, -0.25) is 14.6 Å². The molecular weight excluding hydrogens is 264 g/mol. The quantitative estimate of drug-likeness (QED) is 0.511. The summed E-state index contributed by atoms with van der Waals surface area (Å²) >= 11 is 5.17. The Bertz CT molecular complexity index is 504. The number of pyridine rings is 1. The van der Waals surface area contributed by atoms with Crippen LogP contribution in [-0.4, -0.2) is 28.5 Å². The summed E-state index contributed by atoms with van der Waals surface area (Å²) < 4.78 is 4.91. The van der Waals surface area contributed by atoms with Crippen LogP contribution in [0.2, 0.25) is 0 Å². The highest BCUT2D eigenvalue weighted by Gasteiger charge is 2.38. The topological polar surface area (TPSA) is 68.3 Å². The van der Waals surface area contributed by atoms with Crippen molar-refractivity contribution < 1.29 is 14.3 Å². The molecule has 2 rings (SSSR count). The van der Waals surface area contributed by atoms with Gasteiger partial charge in [0, 0.05) is 6.20 Å². The molecule has 0 radical (unpaired) electrons. The molecule has 1 fully saturated rings. The van der Waals surface area contributed by atoms with E-state index in [2.05, 4.69) is 10.3 Å². The normalized spacial score (nSPS) is 22.8. The molecule has 19 heavy (non-hydrogen) atoms. The molecule has 0 aliphatic carbocycles. The molecule has 0 saturated carbocycles. The Labute approximate surface area is 116 Å². The number of amides is 1. The molecule has 2 heterocycles. The van der Waals surface area contributed by atoms with Gasteiger partial charge in [0.2, 0.25) is 5.91 Å². The molecule has 1 aliphatic rings. The maximum absolute atomic E-state index is 11.8. The van der Waals surface area contributed by atoms with Crippen molar-refractivity contribution >= 4 is 29.1 Å². The van der Waals surface area contributed by atoms with Crippen molar-refractivity contribution in [1.29, 1.82) is 0 Å². The van der Waals surface area contributed by atoms with Crippen LogP contribution >= 0.6 is 12.2 Å². The average Bonchev–Trinajstić information content (AvgIpc) is 2.40. The fourth-order valence-electron chi connectivity index (χ4n) is 2.03. The van der Waals surface area contributed by atoms with E-state index in [9.17, 15) is 9.59 Å². The van der Waals surface area contributed by atoms with Crippen molar-refractivity contribution in [3.63, 3.8) is 0 Å². The summed E-state index contributed by atoms with van der Waals surface area (Å²) in [6, 6.07) is 5.48. The van der Waals surface area contributed by atoms with Crippen molar-refractivity contribution in [1.82, 2.24) is 10.3 Å². The van der Waals surface area contributed by atoms with Gasteiger partial charge in [0.05, 0.1) is 23.2 Å². The maximum Gasteiger partial charge on any atom is 0.318 e. The van der Waals surface area contributed by atoms with Gasteiger partial charge in [-0.25, -0.2) is 0 Å². The van der Waals surface area contributed by atoms with Gasteiger partial charge < -0.3 is 10.1 Å². The number of thiocarbonyl (C=S) groups is 1. The predicted molar refractivity (Wildman–Crippen MR) is 72.5 cm³/mol. The molecule has 100 valence electrons. The van der Waals surface area contributed by atoms with E-state index in [1.165, 1.54) is 0 Å². The van der Waals surface area contributed by atoms with E-state index in [4.69, 9.17) is 17.0 Å². The molecule has 2 unspecified atom stereocenters. The van der Waals surface area contributed by atoms with E-state index in [-0.39, 0.29) is 12.5 Å². The Kier molecular flexibility index (Phi) is 4.21. The van der Waals surface area contributed by atoms with E-state index < -0.39 is 17.8 Å². The lowest BCUT2D eigenvalue weighted by Gasteiger charge is -2.28. The van der Waals surface area contributed by atoms with Gasteiger partial charge in [-0.1, -0.05) is 18.3 Å². The van der Waals surface area contributed by atoms with E-state index in [1.54, 1.807) is 19.2 Å². The fraction of sp³-hybridized carbons (Fsp3) is 0.385. The molecule has 1 aromatic rings. The van der Waals surface area contributed by atoms with Crippen LogP contribution in [0.5, 0.6) is 0 Å². The monoisotopic (exact) mass is 278 g/mol. The van der Waals surface area contributed by atoms with Crippen molar-refractivity contribution in [2.75, 3.05) is 6.61 Å². The van der Waals surface area contributed by atoms with Gasteiger partial charge in [0.1, 0.15) is 5.92 Å². The highest BCUT2D eigenvalue weighted by atomic mass is 32.1. The van der Waals surface area contributed by atoms with Crippen molar-refractivity contribution in [2.24, 2.45) is 5.92 Å². The summed E-state index contributed by atoms with van der Waals surface area (Å²) in [5, 5.41) is 2.57. The number of hydrogen-bond donors (Lipinski definition) is 1. The van der Waals surface area contributed by atoms with Gasteiger partial charge in [0.25, 0.3) is 0 Å². The van der Waals surface area contributed by atoms with Crippen LogP contribution < -0.4 is 5.32 Å². The molecule has 0 aromatic carbocycles. The highest BCUT2D eigenvalue weighted by molar-refractivity contribution is 7.80. The van der Waals surface area contributed by atoms with Gasteiger partial charge in [-0.05, 0) is 25.5 Å². The highest BCUT2D eigenvalue weighted by Crippen LogP contribution is 2.28. The van der Waals surface area contributed by atoms with Crippen LogP contribution in [0.25, 0.3) is 0 Å². The first-order chi connectivity index (χ1) is 9.13. The molecule has 0 spiro atoms. The fourth-order valence-corrected chi connectivity index (χ4v) is 2.35. The average molecular weight is 278 g/mol. The summed E-state index contributed by atoms with van der Waals surface area (Å²) in [6.45, 7) is 1.96. The number of carbonyl (C=O) groups excluding carboxylic acids is 2. The summed E-state index contributed by atoms with van der Waals surface area (Å²) in [6.07, 6.45) is 1.97. The second-order valence-corrected chi connectivity index (χ2v) is 4.64. The zero-order valence-electron chi connectivity index (χ0n) is 10.5. The lowest BCUT2D eigenvalue weighted by atomic mass is 9.87. The van der Waals surface area contributed by atoms with Crippen molar-refractivity contribution in [3.05, 3.63) is 30.1 Å². The number of piperidine rings is 1. The van der Waals surface area contributed by atoms with Crippen LogP contribution in [0.3, 0.4) is 0 Å². The standard InChI is InChI=1S/C13H14N2O3S/c1-2-18-13(17)9-7-8(12(19)15-11(9)16)10-5-3-4-6-14-10/h3-6,8-9H,2,7H2,1H3,(H,15,16,19). The zero-order valence-corrected chi connectivity index (χ0v) is 11.3. The minimum Gasteiger partial charge on any atom is -0.465 e. The third-order valence-corrected chi connectivity index (χ3v) is 3.35. The number of rotatable bonds is 3. The molecule has 1 N–H and O–H groups in total. The Hall–Kier alpha value is -1.82. The first-order valence-electron chi connectivity index (χ1n) is 6.05. The Morgan fingerprint density at radius 1 is 1.58 bits per heavy atom. The largest absolute Gasteiger partial charge is 0.465 e. The molecule has 1 aromatic heterocycles. The number of carbonyl (C=O) groups is 2. The molecule has 1 saturated heterocycles. The molecule has 0 bridgehead atoms. The number of nitrogens with one attached hydrogen (secondary N) is 1. The smallest absolute Gasteiger partial charge is 0.318 e. The Morgan fingerprint density at radius 2 is 2.37 bits per heavy atom. The van der Waals surface area contributed by atoms with Gasteiger partial charge >= 0.3 is 5.97 Å². The number of aromatic nitrogens is 1. The first kappa shape index (κ1) is 13.6. The number of nitrogens with zero attached hydrogens (tertiary/aromatic N) is 1. The number of ether oxygens (including phenoxy) is 1. The van der Waals surface area contributed by atoms with Crippen LogP contribution in [0.4, 0.5) is 0 Å². The van der Waals surface area contributed by atoms with Gasteiger partial charge in [-0.15, -0.1) is 0 Å². The maximum atomic E-state index is 11.8. The number of esters is 1. The molecule has 1 amide bonds. The van der Waals surface area contributed by atoms with Crippen LogP contribution in [0.1, 0.15) is 25.0 Å². The number of hydrogen-bond acceptors (Lipinski definition) is 5. The van der Waals surface area contributed by atoms with Crippen molar-refractivity contribution in [3.8, 4) is 0 Å². The second kappa shape index (κ2) is 5.88. The predicted octanol–water partition coefficient (Wildman–Crippen LogP) is 1.19.